The van der Waals surface area contributed by atoms with Crippen molar-refractivity contribution in [2.75, 3.05) is 34.7 Å². The Bertz CT molecular complexity index is 2160. The maximum absolute atomic E-state index is 13.9. The zero-order chi connectivity index (χ0) is 37.8. The molecule has 3 aromatic carbocycles. The van der Waals surface area contributed by atoms with Gasteiger partial charge < -0.3 is 20.2 Å². The van der Waals surface area contributed by atoms with Crippen molar-refractivity contribution in [2.45, 2.75) is 43.9 Å². The SMILES string of the molecule is C[C@H](NC(=O)[C@@H](c1ccccc1)N(C)C)c1ncc(-c2ccc(-c3ccc(-c4cnc([C@@H]5CCCN5C(=O)[C@@H](c5ccccc5)N(C)C)[nH]4)nn3)cc2)[nH]1. The summed E-state index contributed by atoms with van der Waals surface area (Å²) in [6, 6.07) is 30.3. The second-order valence-corrected chi connectivity index (χ2v) is 14.2. The number of nitrogens with zero attached hydrogens (tertiary/aromatic N) is 7. The Morgan fingerprint density at radius 2 is 1.31 bits per heavy atom. The van der Waals surface area contributed by atoms with Crippen LogP contribution in [0.2, 0.25) is 0 Å². The monoisotopic (exact) mass is 722 g/mol. The van der Waals surface area contributed by atoms with E-state index in [2.05, 4.69) is 30.5 Å². The van der Waals surface area contributed by atoms with Crippen molar-refractivity contribution in [3.05, 3.63) is 132 Å². The van der Waals surface area contributed by atoms with Crippen LogP contribution in [0.4, 0.5) is 0 Å². The second kappa shape index (κ2) is 15.9. The fourth-order valence-corrected chi connectivity index (χ4v) is 7.24. The van der Waals surface area contributed by atoms with Crippen LogP contribution in [0, 0.1) is 0 Å². The molecule has 54 heavy (non-hydrogen) atoms. The zero-order valence-electron chi connectivity index (χ0n) is 31.3. The fraction of sp³-hybridized carbons (Fsp3) is 0.286. The molecule has 12 heteroatoms. The van der Waals surface area contributed by atoms with Gasteiger partial charge in [-0.15, -0.1) is 10.2 Å². The molecule has 1 aliphatic rings. The van der Waals surface area contributed by atoms with E-state index in [1.165, 1.54) is 0 Å². The number of benzene rings is 3. The standard InChI is InChI=1S/C42H46N10O2/c1-27(45-41(53)37(50(2)3)30-13-8-6-9-14-30)39-43-25-34(46-39)29-20-18-28(19-21-29)32-22-23-33(49-48-32)35-26-44-40(47-35)36-17-12-24-52(36)42(54)38(51(4)5)31-15-10-7-11-16-31/h6-11,13-16,18-23,25-27,36-38H,12,17,24H2,1-5H3,(H,43,46)(H,44,47)(H,45,53)/t27-,36-,37+,38+/m0/s1. The van der Waals surface area contributed by atoms with Gasteiger partial charge in [-0.05, 0) is 76.8 Å². The van der Waals surface area contributed by atoms with E-state index in [1.54, 1.807) is 12.4 Å². The summed E-state index contributed by atoms with van der Waals surface area (Å²) < 4.78 is 0. The minimum atomic E-state index is -0.411. The van der Waals surface area contributed by atoms with Crippen molar-refractivity contribution in [3.8, 4) is 33.9 Å². The quantitative estimate of drug-likeness (QED) is 0.133. The number of rotatable bonds is 12. The van der Waals surface area contributed by atoms with Crippen LogP contribution in [0.15, 0.2) is 109 Å². The molecule has 4 heterocycles. The smallest absolute Gasteiger partial charge is 0.245 e. The Morgan fingerprint density at radius 3 is 1.94 bits per heavy atom. The second-order valence-electron chi connectivity index (χ2n) is 14.2. The summed E-state index contributed by atoms with van der Waals surface area (Å²) in [6.07, 6.45) is 5.31. The molecular formula is C42H46N10O2. The van der Waals surface area contributed by atoms with Crippen LogP contribution in [0.1, 0.15) is 66.7 Å². The minimum Gasteiger partial charge on any atom is -0.345 e. The fourth-order valence-electron chi connectivity index (χ4n) is 7.24. The number of nitrogens with one attached hydrogen (secondary N) is 3. The third-order valence-electron chi connectivity index (χ3n) is 9.99. The van der Waals surface area contributed by atoms with Crippen LogP contribution >= 0.6 is 0 Å². The average molecular weight is 723 g/mol. The van der Waals surface area contributed by atoms with Gasteiger partial charge in [0.2, 0.25) is 11.8 Å². The topological polar surface area (TPSA) is 139 Å². The first-order valence-corrected chi connectivity index (χ1v) is 18.3. The van der Waals surface area contributed by atoms with Crippen LogP contribution in [-0.4, -0.2) is 91.4 Å². The summed E-state index contributed by atoms with van der Waals surface area (Å²) in [5.41, 5.74) is 6.81. The zero-order valence-corrected chi connectivity index (χ0v) is 31.3. The molecule has 7 rings (SSSR count). The molecule has 0 spiro atoms. The van der Waals surface area contributed by atoms with Crippen molar-refractivity contribution in [2.24, 2.45) is 0 Å². The molecule has 6 aromatic rings. The van der Waals surface area contributed by atoms with Crippen LogP contribution in [-0.2, 0) is 9.59 Å². The first-order valence-electron chi connectivity index (χ1n) is 18.3. The summed E-state index contributed by atoms with van der Waals surface area (Å²) in [4.78, 5) is 49.0. The number of amides is 2. The molecule has 0 bridgehead atoms. The summed E-state index contributed by atoms with van der Waals surface area (Å²) in [6.45, 7) is 2.61. The third kappa shape index (κ3) is 7.71. The lowest BCUT2D eigenvalue weighted by Gasteiger charge is -2.31. The van der Waals surface area contributed by atoms with Crippen LogP contribution in [0.25, 0.3) is 33.9 Å². The number of carbonyl (C=O) groups is 2. The Labute approximate surface area is 315 Å². The maximum Gasteiger partial charge on any atom is 0.245 e. The molecule has 3 N–H and O–H groups in total. The molecule has 4 atom stereocenters. The highest BCUT2D eigenvalue weighted by atomic mass is 16.2. The molecule has 1 aliphatic heterocycles. The molecule has 0 saturated carbocycles. The van der Waals surface area contributed by atoms with Crippen molar-refractivity contribution >= 4 is 11.8 Å². The van der Waals surface area contributed by atoms with Gasteiger partial charge in [0.15, 0.2) is 0 Å². The lowest BCUT2D eigenvalue weighted by molar-refractivity contribution is -0.137. The van der Waals surface area contributed by atoms with Crippen molar-refractivity contribution in [1.82, 2.24) is 50.1 Å². The largest absolute Gasteiger partial charge is 0.345 e. The van der Waals surface area contributed by atoms with Crippen molar-refractivity contribution in [1.29, 1.82) is 0 Å². The van der Waals surface area contributed by atoms with Gasteiger partial charge >= 0.3 is 0 Å². The highest BCUT2D eigenvalue weighted by Gasteiger charge is 2.37. The van der Waals surface area contributed by atoms with Gasteiger partial charge in [-0.25, -0.2) is 9.97 Å². The lowest BCUT2D eigenvalue weighted by atomic mass is 10.0. The average Bonchev–Trinajstić information content (AvgIpc) is 3.98. The van der Waals surface area contributed by atoms with E-state index in [9.17, 15) is 9.59 Å². The molecule has 3 aromatic heterocycles. The van der Waals surface area contributed by atoms with Crippen molar-refractivity contribution in [3.63, 3.8) is 0 Å². The van der Waals surface area contributed by atoms with Gasteiger partial charge in [0.25, 0.3) is 0 Å². The number of H-pyrrole nitrogens is 2. The minimum absolute atomic E-state index is 0.0747. The molecule has 0 radical (unpaired) electrons. The van der Waals surface area contributed by atoms with E-state index < -0.39 is 6.04 Å². The summed E-state index contributed by atoms with van der Waals surface area (Å²) in [5, 5.41) is 12.2. The predicted octanol–water partition coefficient (Wildman–Crippen LogP) is 6.37. The summed E-state index contributed by atoms with van der Waals surface area (Å²) >= 11 is 0. The highest BCUT2D eigenvalue weighted by molar-refractivity contribution is 5.84. The maximum atomic E-state index is 13.9. The number of hydrogen-bond donors (Lipinski definition) is 3. The predicted molar refractivity (Wildman–Crippen MR) is 209 cm³/mol. The van der Waals surface area contributed by atoms with Crippen LogP contribution < -0.4 is 5.32 Å². The number of carbonyl (C=O) groups excluding carboxylic acids is 2. The van der Waals surface area contributed by atoms with Crippen molar-refractivity contribution < 1.29 is 9.59 Å². The molecular weight excluding hydrogens is 677 g/mol. The van der Waals surface area contributed by atoms with E-state index in [1.807, 2.05) is 147 Å². The van der Waals surface area contributed by atoms with Crippen LogP contribution in [0.3, 0.4) is 0 Å². The summed E-state index contributed by atoms with van der Waals surface area (Å²) in [5.74, 6) is 1.41. The first-order chi connectivity index (χ1) is 26.2. The van der Waals surface area contributed by atoms with Gasteiger partial charge in [-0.2, -0.15) is 0 Å². The number of likely N-dealkylation sites (tertiary alicyclic amines) is 1. The number of aromatic amines is 2. The highest BCUT2D eigenvalue weighted by Crippen LogP contribution is 2.35. The van der Waals surface area contributed by atoms with Gasteiger partial charge in [-0.3, -0.25) is 19.4 Å². The van der Waals surface area contributed by atoms with E-state index in [4.69, 9.17) is 4.98 Å². The Morgan fingerprint density at radius 1 is 0.722 bits per heavy atom. The van der Waals surface area contributed by atoms with Crippen LogP contribution in [0.5, 0.6) is 0 Å². The molecule has 12 nitrogen and oxygen atoms in total. The molecule has 1 saturated heterocycles. The molecule has 0 aliphatic carbocycles. The van der Waals surface area contributed by atoms with E-state index >= 15 is 0 Å². The normalized spacial score (nSPS) is 16.1. The van der Waals surface area contributed by atoms with Gasteiger partial charge in [0.1, 0.15) is 29.4 Å². The lowest BCUT2D eigenvalue weighted by Crippen LogP contribution is -2.40. The molecule has 276 valence electrons. The van der Waals surface area contributed by atoms with E-state index in [-0.39, 0.29) is 29.9 Å². The van der Waals surface area contributed by atoms with Gasteiger partial charge in [-0.1, -0.05) is 84.9 Å². The van der Waals surface area contributed by atoms with Gasteiger partial charge in [0.05, 0.1) is 41.6 Å². The number of hydrogen-bond acceptors (Lipinski definition) is 8. The van der Waals surface area contributed by atoms with Gasteiger partial charge in [0, 0.05) is 12.1 Å². The number of imidazole rings is 2. The molecule has 1 fully saturated rings. The van der Waals surface area contributed by atoms with E-state index in [0.717, 1.165) is 58.0 Å². The Balaban J connectivity index is 0.992. The Hall–Kier alpha value is -5.98. The first kappa shape index (κ1) is 36.4. The third-order valence-corrected chi connectivity index (χ3v) is 9.99. The molecule has 0 unspecified atom stereocenters. The summed E-state index contributed by atoms with van der Waals surface area (Å²) in [7, 11) is 7.68. The van der Waals surface area contributed by atoms with E-state index in [0.29, 0.717) is 18.1 Å². The number of aromatic nitrogens is 6. The molecule has 2 amide bonds. The number of likely N-dealkylation sites (N-methyl/N-ethyl adjacent to an activating group) is 2. The Kier molecular flexibility index (Phi) is 10.7.